The molecule has 6 nitrogen and oxygen atoms in total. The molecule has 1 fully saturated rings. The van der Waals surface area contributed by atoms with Crippen LogP contribution in [0.25, 0.3) is 0 Å². The van der Waals surface area contributed by atoms with Crippen molar-refractivity contribution in [3.8, 4) is 0 Å². The number of methoxy groups -OCH3 is 1. The second-order valence-electron chi connectivity index (χ2n) is 5.98. The van der Waals surface area contributed by atoms with Crippen molar-refractivity contribution >= 4 is 12.1 Å². The van der Waals surface area contributed by atoms with Crippen molar-refractivity contribution in [2.45, 2.75) is 51.7 Å². The van der Waals surface area contributed by atoms with Gasteiger partial charge in [-0.15, -0.1) is 0 Å². The Bertz CT molecular complexity index is 337. The van der Waals surface area contributed by atoms with E-state index in [1.807, 2.05) is 20.8 Å². The summed E-state index contributed by atoms with van der Waals surface area (Å²) < 4.78 is 15.4. The molecule has 1 rings (SSSR count). The van der Waals surface area contributed by atoms with E-state index in [-0.39, 0.29) is 24.3 Å². The van der Waals surface area contributed by atoms with E-state index in [1.165, 1.54) is 7.11 Å². The number of nitrogens with one attached hydrogen (secondary N) is 1. The summed E-state index contributed by atoms with van der Waals surface area (Å²) in [5.74, 6) is -0.259. The lowest BCUT2D eigenvalue weighted by Gasteiger charge is -2.27. The Labute approximate surface area is 120 Å². The molecule has 2 atom stereocenters. The van der Waals surface area contributed by atoms with Crippen molar-refractivity contribution in [1.29, 1.82) is 0 Å². The highest BCUT2D eigenvalue weighted by Crippen LogP contribution is 2.21. The number of rotatable bonds is 3. The fourth-order valence-electron chi connectivity index (χ4n) is 2.17. The van der Waals surface area contributed by atoms with E-state index in [2.05, 4.69) is 5.32 Å². The van der Waals surface area contributed by atoms with Gasteiger partial charge in [0.05, 0.1) is 13.5 Å². The van der Waals surface area contributed by atoms with E-state index in [0.717, 1.165) is 6.42 Å². The van der Waals surface area contributed by atoms with Crippen LogP contribution in [0.15, 0.2) is 0 Å². The summed E-state index contributed by atoms with van der Waals surface area (Å²) in [6.45, 7) is 6.60. The number of esters is 1. The van der Waals surface area contributed by atoms with E-state index >= 15 is 0 Å². The number of carbonyl (C=O) groups is 2. The molecule has 116 valence electrons. The van der Waals surface area contributed by atoms with Gasteiger partial charge in [-0.2, -0.15) is 0 Å². The summed E-state index contributed by atoms with van der Waals surface area (Å²) in [7, 11) is 1.37. The van der Waals surface area contributed by atoms with Crippen LogP contribution in [0.1, 0.15) is 40.0 Å². The van der Waals surface area contributed by atoms with Crippen molar-refractivity contribution in [1.82, 2.24) is 5.32 Å². The standard InChI is InChI=1S/C14H25NO5/c1-14(2,3)20-13(17)15-11-6-8-19-7-5-10(11)9-12(16)18-4/h10-11H,5-9H2,1-4H3,(H,15,17)/t10-,11-/m1/s1. The Hall–Kier alpha value is -1.30. The van der Waals surface area contributed by atoms with Crippen molar-refractivity contribution in [3.63, 3.8) is 0 Å². The number of hydrogen-bond donors (Lipinski definition) is 1. The zero-order chi connectivity index (χ0) is 15.2. The third kappa shape index (κ3) is 6.23. The third-order valence-corrected chi connectivity index (χ3v) is 3.13. The van der Waals surface area contributed by atoms with Crippen LogP contribution < -0.4 is 5.32 Å². The molecule has 20 heavy (non-hydrogen) atoms. The van der Waals surface area contributed by atoms with Crippen molar-refractivity contribution < 1.29 is 23.8 Å². The van der Waals surface area contributed by atoms with E-state index in [1.54, 1.807) is 0 Å². The topological polar surface area (TPSA) is 73.9 Å². The first kappa shape index (κ1) is 16.8. The quantitative estimate of drug-likeness (QED) is 0.802. The van der Waals surface area contributed by atoms with Gasteiger partial charge >= 0.3 is 12.1 Å². The van der Waals surface area contributed by atoms with Gasteiger partial charge in [0.25, 0.3) is 0 Å². The normalized spacial score (nSPS) is 23.6. The molecule has 0 aromatic heterocycles. The van der Waals surface area contributed by atoms with Gasteiger partial charge in [0.2, 0.25) is 0 Å². The molecule has 0 aliphatic carbocycles. The van der Waals surface area contributed by atoms with Gasteiger partial charge in [0, 0.05) is 19.3 Å². The maximum atomic E-state index is 11.8. The Kier molecular flexibility index (Phi) is 6.26. The molecule has 0 saturated carbocycles. The second-order valence-corrected chi connectivity index (χ2v) is 5.98. The Morgan fingerprint density at radius 2 is 1.90 bits per heavy atom. The largest absolute Gasteiger partial charge is 0.469 e. The van der Waals surface area contributed by atoms with E-state index < -0.39 is 11.7 Å². The van der Waals surface area contributed by atoms with Gasteiger partial charge in [-0.1, -0.05) is 0 Å². The second kappa shape index (κ2) is 7.47. The summed E-state index contributed by atoms with van der Waals surface area (Å²) in [6.07, 6.45) is 1.20. The van der Waals surface area contributed by atoms with Crippen LogP contribution in [0.4, 0.5) is 4.79 Å². The van der Waals surface area contributed by atoms with Crippen molar-refractivity contribution in [2.75, 3.05) is 20.3 Å². The zero-order valence-electron chi connectivity index (χ0n) is 12.7. The molecule has 1 amide bonds. The lowest BCUT2D eigenvalue weighted by atomic mass is 9.92. The lowest BCUT2D eigenvalue weighted by Crippen LogP contribution is -2.43. The fraction of sp³-hybridized carbons (Fsp3) is 0.857. The van der Waals surface area contributed by atoms with Gasteiger partial charge < -0.3 is 19.5 Å². The Balaban J connectivity index is 2.61. The molecule has 0 aromatic rings. The minimum absolute atomic E-state index is 0.0115. The molecule has 1 aliphatic heterocycles. The van der Waals surface area contributed by atoms with Crippen LogP contribution >= 0.6 is 0 Å². The van der Waals surface area contributed by atoms with Crippen LogP contribution in [0.3, 0.4) is 0 Å². The predicted octanol–water partition coefficient (Wildman–Crippen LogP) is 1.87. The highest BCUT2D eigenvalue weighted by molar-refractivity contribution is 5.70. The van der Waals surface area contributed by atoms with Gasteiger partial charge in [0.1, 0.15) is 5.60 Å². The fourth-order valence-corrected chi connectivity index (χ4v) is 2.17. The first-order valence-corrected chi connectivity index (χ1v) is 6.96. The molecular weight excluding hydrogens is 262 g/mol. The SMILES string of the molecule is COC(=O)C[C@H]1CCOCC[C@H]1NC(=O)OC(C)(C)C. The molecule has 6 heteroatoms. The molecule has 1 aliphatic rings. The van der Waals surface area contributed by atoms with Gasteiger partial charge in [-0.3, -0.25) is 4.79 Å². The molecule has 1 N–H and O–H groups in total. The summed E-state index contributed by atoms with van der Waals surface area (Å²) in [4.78, 5) is 23.3. The summed E-state index contributed by atoms with van der Waals surface area (Å²) in [5, 5.41) is 2.85. The molecule has 0 unspecified atom stereocenters. The Morgan fingerprint density at radius 3 is 2.50 bits per heavy atom. The van der Waals surface area contributed by atoms with Crippen molar-refractivity contribution in [2.24, 2.45) is 5.92 Å². The van der Waals surface area contributed by atoms with E-state index in [9.17, 15) is 9.59 Å². The predicted molar refractivity (Wildman–Crippen MR) is 73.3 cm³/mol. The maximum Gasteiger partial charge on any atom is 0.407 e. The molecule has 0 aromatic carbocycles. The lowest BCUT2D eigenvalue weighted by molar-refractivity contribution is -0.142. The van der Waals surface area contributed by atoms with Crippen LogP contribution in [0, 0.1) is 5.92 Å². The highest BCUT2D eigenvalue weighted by atomic mass is 16.6. The first-order valence-electron chi connectivity index (χ1n) is 6.96. The number of amides is 1. The molecule has 1 heterocycles. The number of carbonyl (C=O) groups excluding carboxylic acids is 2. The van der Waals surface area contributed by atoms with Gasteiger partial charge in [0.15, 0.2) is 0 Å². The van der Waals surface area contributed by atoms with Crippen LogP contribution in [-0.2, 0) is 19.0 Å². The van der Waals surface area contributed by atoms with Crippen LogP contribution in [-0.4, -0.2) is 44.0 Å². The Morgan fingerprint density at radius 1 is 1.25 bits per heavy atom. The van der Waals surface area contributed by atoms with E-state index in [4.69, 9.17) is 14.2 Å². The number of ether oxygens (including phenoxy) is 3. The molecule has 1 saturated heterocycles. The minimum atomic E-state index is -0.539. The van der Waals surface area contributed by atoms with Crippen LogP contribution in [0.5, 0.6) is 0 Å². The zero-order valence-corrected chi connectivity index (χ0v) is 12.7. The van der Waals surface area contributed by atoms with Crippen molar-refractivity contribution in [3.05, 3.63) is 0 Å². The van der Waals surface area contributed by atoms with Gasteiger partial charge in [-0.05, 0) is 39.5 Å². The molecule has 0 spiro atoms. The van der Waals surface area contributed by atoms with Gasteiger partial charge in [-0.25, -0.2) is 4.79 Å². The summed E-state index contributed by atoms with van der Waals surface area (Å²) in [6, 6.07) is -0.133. The third-order valence-electron chi connectivity index (χ3n) is 3.13. The van der Waals surface area contributed by atoms with E-state index in [0.29, 0.717) is 19.6 Å². The monoisotopic (exact) mass is 287 g/mol. The first-order chi connectivity index (χ1) is 9.31. The average molecular weight is 287 g/mol. The van der Waals surface area contributed by atoms with Crippen LogP contribution in [0.2, 0.25) is 0 Å². The minimum Gasteiger partial charge on any atom is -0.469 e. The number of alkyl carbamates (subject to hydrolysis) is 1. The highest BCUT2D eigenvalue weighted by Gasteiger charge is 2.29. The number of hydrogen-bond acceptors (Lipinski definition) is 5. The maximum absolute atomic E-state index is 11.8. The molecular formula is C14H25NO5. The summed E-state index contributed by atoms with van der Waals surface area (Å²) >= 11 is 0. The average Bonchev–Trinajstić information content (AvgIpc) is 2.53. The smallest absolute Gasteiger partial charge is 0.407 e. The molecule has 0 radical (unpaired) electrons. The molecule has 0 bridgehead atoms. The summed E-state index contributed by atoms with van der Waals surface area (Å²) in [5.41, 5.74) is -0.539.